The molecule has 2 heterocycles. The molecule has 4 aromatic rings. The van der Waals surface area contributed by atoms with Crippen LogP contribution in [0.5, 0.6) is 0 Å². The standard InChI is InChI=1S/C17H14N2O.C5H13N.C2H6/c1-2-18-15-11-7-3-5-9-13(11)19-16-12-8-4-6-10-14(12)20-17(15)16;1-4-6(3)5-2;1-2/h3-10H,2H2,1H3,(H,18,19);4-5H2,1-3H3;1-2H3. The molecule has 0 spiro atoms. The molecule has 0 unspecified atom stereocenters. The molecular weight excluding hydrogens is 346 g/mol. The van der Waals surface area contributed by atoms with E-state index in [0.29, 0.717) is 0 Å². The molecule has 150 valence electrons. The van der Waals surface area contributed by atoms with E-state index < -0.39 is 0 Å². The average molecular weight is 380 g/mol. The zero-order chi connectivity index (χ0) is 20.5. The Morgan fingerprint density at radius 2 is 1.50 bits per heavy atom. The van der Waals surface area contributed by atoms with Gasteiger partial charge in [-0.15, -0.1) is 0 Å². The first-order valence-electron chi connectivity index (χ1n) is 10.3. The van der Waals surface area contributed by atoms with Crippen LogP contribution in [0.25, 0.3) is 33.0 Å². The summed E-state index contributed by atoms with van der Waals surface area (Å²) in [6, 6.07) is 16.2. The summed E-state index contributed by atoms with van der Waals surface area (Å²) in [5.41, 5.74) is 4.67. The van der Waals surface area contributed by atoms with Gasteiger partial charge < -0.3 is 14.6 Å². The van der Waals surface area contributed by atoms with Crippen LogP contribution in [0.4, 0.5) is 5.69 Å². The number of para-hydroxylation sites is 2. The number of fused-ring (bicyclic) bond motifs is 4. The quantitative estimate of drug-likeness (QED) is 0.436. The highest BCUT2D eigenvalue weighted by molar-refractivity contribution is 6.13. The summed E-state index contributed by atoms with van der Waals surface area (Å²) in [6.45, 7) is 13.6. The number of hydrogen-bond acceptors (Lipinski definition) is 4. The van der Waals surface area contributed by atoms with Crippen LogP contribution in [-0.2, 0) is 0 Å². The summed E-state index contributed by atoms with van der Waals surface area (Å²) < 4.78 is 6.02. The number of benzene rings is 2. The summed E-state index contributed by atoms with van der Waals surface area (Å²) in [5, 5.41) is 5.58. The van der Waals surface area contributed by atoms with Crippen molar-refractivity contribution in [3.8, 4) is 0 Å². The number of rotatable bonds is 4. The smallest absolute Gasteiger partial charge is 0.177 e. The van der Waals surface area contributed by atoms with Gasteiger partial charge in [-0.2, -0.15) is 0 Å². The van der Waals surface area contributed by atoms with Gasteiger partial charge in [-0.05, 0) is 45.3 Å². The van der Waals surface area contributed by atoms with Crippen molar-refractivity contribution in [2.45, 2.75) is 34.6 Å². The summed E-state index contributed by atoms with van der Waals surface area (Å²) in [6.07, 6.45) is 0. The van der Waals surface area contributed by atoms with Crippen LogP contribution in [0.2, 0.25) is 0 Å². The second-order valence-electron chi connectivity index (χ2n) is 6.30. The molecule has 1 N–H and O–H groups in total. The van der Waals surface area contributed by atoms with Gasteiger partial charge in [0.05, 0.1) is 11.2 Å². The SMILES string of the molecule is CC.CCN(C)CC.CCNc1c2ccccc2nc2c1oc1ccccc12. The summed E-state index contributed by atoms with van der Waals surface area (Å²) >= 11 is 0. The number of furan rings is 1. The lowest BCUT2D eigenvalue weighted by Gasteiger charge is -2.08. The molecule has 2 aromatic carbocycles. The summed E-state index contributed by atoms with van der Waals surface area (Å²) in [4.78, 5) is 7.02. The third-order valence-electron chi connectivity index (χ3n) is 4.64. The molecule has 0 aliphatic rings. The highest BCUT2D eigenvalue weighted by Gasteiger charge is 2.15. The molecule has 0 aliphatic carbocycles. The molecule has 0 atom stereocenters. The van der Waals surface area contributed by atoms with Crippen LogP contribution < -0.4 is 5.32 Å². The molecule has 0 fully saturated rings. The molecule has 4 nitrogen and oxygen atoms in total. The number of nitrogens with zero attached hydrogens (tertiary/aromatic N) is 2. The van der Waals surface area contributed by atoms with Crippen molar-refractivity contribution in [1.82, 2.24) is 9.88 Å². The van der Waals surface area contributed by atoms with E-state index in [1.807, 2.05) is 50.2 Å². The second-order valence-corrected chi connectivity index (χ2v) is 6.30. The first-order valence-corrected chi connectivity index (χ1v) is 10.3. The molecule has 0 saturated carbocycles. The molecular formula is C24H33N3O. The van der Waals surface area contributed by atoms with E-state index in [9.17, 15) is 0 Å². The lowest BCUT2D eigenvalue weighted by atomic mass is 10.1. The Morgan fingerprint density at radius 3 is 2.11 bits per heavy atom. The molecule has 0 radical (unpaired) electrons. The van der Waals surface area contributed by atoms with E-state index in [-0.39, 0.29) is 0 Å². The highest BCUT2D eigenvalue weighted by Crippen LogP contribution is 2.36. The van der Waals surface area contributed by atoms with Gasteiger partial charge in [-0.3, -0.25) is 0 Å². The largest absolute Gasteiger partial charge is 0.452 e. The van der Waals surface area contributed by atoms with Crippen molar-refractivity contribution in [2.75, 3.05) is 32.0 Å². The number of pyridine rings is 1. The van der Waals surface area contributed by atoms with Gasteiger partial charge in [0.15, 0.2) is 5.58 Å². The molecule has 0 amide bonds. The Kier molecular flexibility index (Phi) is 8.27. The van der Waals surface area contributed by atoms with Crippen LogP contribution in [0.1, 0.15) is 34.6 Å². The first-order chi connectivity index (χ1) is 13.7. The van der Waals surface area contributed by atoms with Crippen LogP contribution in [0.15, 0.2) is 52.9 Å². The predicted molar refractivity (Wildman–Crippen MR) is 123 cm³/mol. The average Bonchev–Trinajstić information content (AvgIpc) is 3.13. The Morgan fingerprint density at radius 1 is 0.893 bits per heavy atom. The van der Waals surface area contributed by atoms with Crippen molar-refractivity contribution in [2.24, 2.45) is 0 Å². The second kappa shape index (κ2) is 10.7. The number of nitrogens with one attached hydrogen (secondary N) is 1. The monoisotopic (exact) mass is 379 g/mol. The highest BCUT2D eigenvalue weighted by atomic mass is 16.3. The van der Waals surface area contributed by atoms with Gasteiger partial charge in [0.1, 0.15) is 11.1 Å². The topological polar surface area (TPSA) is 41.3 Å². The van der Waals surface area contributed by atoms with Crippen molar-refractivity contribution in [3.63, 3.8) is 0 Å². The lowest BCUT2D eigenvalue weighted by Crippen LogP contribution is -2.15. The minimum atomic E-state index is 0.840. The van der Waals surface area contributed by atoms with Crippen molar-refractivity contribution < 1.29 is 4.42 Å². The van der Waals surface area contributed by atoms with E-state index in [0.717, 1.165) is 58.3 Å². The molecule has 0 saturated heterocycles. The van der Waals surface area contributed by atoms with Crippen LogP contribution in [0, 0.1) is 0 Å². The van der Waals surface area contributed by atoms with Crippen molar-refractivity contribution in [3.05, 3.63) is 48.5 Å². The summed E-state index contributed by atoms with van der Waals surface area (Å²) in [7, 11) is 2.11. The third kappa shape index (κ3) is 4.63. The zero-order valence-corrected chi connectivity index (χ0v) is 18.0. The summed E-state index contributed by atoms with van der Waals surface area (Å²) in [5.74, 6) is 0. The molecule has 0 aliphatic heterocycles. The van der Waals surface area contributed by atoms with E-state index in [2.05, 4.69) is 50.2 Å². The molecule has 28 heavy (non-hydrogen) atoms. The van der Waals surface area contributed by atoms with E-state index in [1.165, 1.54) is 0 Å². The maximum absolute atomic E-state index is 6.02. The zero-order valence-electron chi connectivity index (χ0n) is 18.0. The predicted octanol–water partition coefficient (Wildman–Crippen LogP) is 6.55. The maximum atomic E-state index is 6.02. The van der Waals surface area contributed by atoms with Gasteiger partial charge in [-0.1, -0.05) is 58.0 Å². The number of aromatic nitrogens is 1. The van der Waals surface area contributed by atoms with Gasteiger partial charge in [0.25, 0.3) is 0 Å². The lowest BCUT2D eigenvalue weighted by molar-refractivity contribution is 0.373. The van der Waals surface area contributed by atoms with Crippen molar-refractivity contribution in [1.29, 1.82) is 0 Å². The van der Waals surface area contributed by atoms with Gasteiger partial charge in [0.2, 0.25) is 0 Å². The molecule has 4 rings (SSSR count). The fourth-order valence-corrected chi connectivity index (χ4v) is 2.91. The van der Waals surface area contributed by atoms with Crippen LogP contribution in [0.3, 0.4) is 0 Å². The van der Waals surface area contributed by atoms with Gasteiger partial charge in [-0.25, -0.2) is 4.98 Å². The Bertz CT molecular complexity index is 1000. The van der Waals surface area contributed by atoms with Crippen molar-refractivity contribution >= 4 is 38.7 Å². The Hall–Kier alpha value is -2.59. The molecule has 4 heteroatoms. The Balaban J connectivity index is 0.000000304. The molecule has 0 bridgehead atoms. The van der Waals surface area contributed by atoms with Gasteiger partial charge >= 0.3 is 0 Å². The van der Waals surface area contributed by atoms with E-state index in [1.54, 1.807) is 0 Å². The van der Waals surface area contributed by atoms with Crippen LogP contribution >= 0.6 is 0 Å². The fourth-order valence-electron chi connectivity index (χ4n) is 2.91. The Labute approximate surface area is 168 Å². The van der Waals surface area contributed by atoms with Crippen LogP contribution in [-0.4, -0.2) is 36.6 Å². The van der Waals surface area contributed by atoms with E-state index in [4.69, 9.17) is 9.40 Å². The van der Waals surface area contributed by atoms with E-state index >= 15 is 0 Å². The fraction of sp³-hybridized carbons (Fsp3) is 0.375. The number of hydrogen-bond donors (Lipinski definition) is 1. The number of anilines is 1. The van der Waals surface area contributed by atoms with Gasteiger partial charge in [0, 0.05) is 17.3 Å². The maximum Gasteiger partial charge on any atom is 0.177 e. The minimum Gasteiger partial charge on any atom is -0.452 e. The first kappa shape index (κ1) is 21.7. The normalized spacial score (nSPS) is 10.5. The minimum absolute atomic E-state index is 0.840. The third-order valence-corrected chi connectivity index (χ3v) is 4.64. The molecule has 2 aromatic heterocycles.